The van der Waals surface area contributed by atoms with Crippen LogP contribution < -0.4 is 10.6 Å². The minimum Gasteiger partial charge on any atom is -0.374 e. The summed E-state index contributed by atoms with van der Waals surface area (Å²) in [6.07, 6.45) is 1.01. The van der Waals surface area contributed by atoms with Crippen LogP contribution in [0.15, 0.2) is 0 Å². The number of rotatable bonds is 8. The van der Waals surface area contributed by atoms with Gasteiger partial charge in [0, 0.05) is 38.6 Å². The van der Waals surface area contributed by atoms with Crippen LogP contribution in [-0.2, 0) is 9.53 Å². The molecule has 19 heavy (non-hydrogen) atoms. The van der Waals surface area contributed by atoms with E-state index in [9.17, 15) is 4.79 Å². The highest BCUT2D eigenvalue weighted by molar-refractivity contribution is 5.78. The summed E-state index contributed by atoms with van der Waals surface area (Å²) in [6.45, 7) is 12.5. The summed E-state index contributed by atoms with van der Waals surface area (Å²) in [5.74, 6) is 0.226. The zero-order valence-electron chi connectivity index (χ0n) is 12.6. The van der Waals surface area contributed by atoms with E-state index < -0.39 is 0 Å². The van der Waals surface area contributed by atoms with Gasteiger partial charge in [0.15, 0.2) is 0 Å². The highest BCUT2D eigenvalue weighted by Gasteiger charge is 2.21. The van der Waals surface area contributed by atoms with Crippen molar-refractivity contribution in [2.24, 2.45) is 5.92 Å². The van der Waals surface area contributed by atoms with Crippen LogP contribution in [0.2, 0.25) is 0 Å². The molecular weight excluding hydrogens is 242 g/mol. The van der Waals surface area contributed by atoms with E-state index in [0.717, 1.165) is 45.8 Å². The molecule has 0 aromatic heterocycles. The van der Waals surface area contributed by atoms with Crippen molar-refractivity contribution in [1.82, 2.24) is 15.5 Å². The van der Waals surface area contributed by atoms with Gasteiger partial charge < -0.3 is 15.4 Å². The molecule has 1 fully saturated rings. The van der Waals surface area contributed by atoms with E-state index in [1.54, 1.807) is 0 Å². The summed E-state index contributed by atoms with van der Waals surface area (Å²) in [5.41, 5.74) is 0. The fourth-order valence-corrected chi connectivity index (χ4v) is 2.10. The van der Waals surface area contributed by atoms with Crippen molar-refractivity contribution >= 4 is 5.91 Å². The van der Waals surface area contributed by atoms with Gasteiger partial charge in [-0.2, -0.15) is 0 Å². The first-order valence-electron chi connectivity index (χ1n) is 7.49. The van der Waals surface area contributed by atoms with Crippen LogP contribution >= 0.6 is 0 Å². The van der Waals surface area contributed by atoms with Gasteiger partial charge in [-0.15, -0.1) is 0 Å². The largest absolute Gasteiger partial charge is 0.374 e. The molecule has 1 aliphatic heterocycles. The minimum atomic E-state index is 0.0912. The topological polar surface area (TPSA) is 53.6 Å². The average molecular weight is 271 g/mol. The van der Waals surface area contributed by atoms with Crippen LogP contribution in [0.4, 0.5) is 0 Å². The molecule has 0 aromatic rings. The Hall–Kier alpha value is -0.650. The van der Waals surface area contributed by atoms with Crippen LogP contribution in [0, 0.1) is 5.92 Å². The lowest BCUT2D eigenvalue weighted by Crippen LogP contribution is -2.49. The van der Waals surface area contributed by atoms with Gasteiger partial charge in [-0.05, 0) is 13.0 Å². The Bertz CT molecular complexity index is 261. The number of hydrogen-bond donors (Lipinski definition) is 2. The molecule has 1 saturated heterocycles. The van der Waals surface area contributed by atoms with Gasteiger partial charge in [0.2, 0.25) is 5.91 Å². The van der Waals surface area contributed by atoms with E-state index in [-0.39, 0.29) is 17.9 Å². The van der Waals surface area contributed by atoms with Gasteiger partial charge in [0.1, 0.15) is 0 Å². The van der Waals surface area contributed by atoms with Crippen molar-refractivity contribution in [1.29, 1.82) is 0 Å². The Morgan fingerprint density at radius 2 is 2.26 bits per heavy atom. The van der Waals surface area contributed by atoms with Crippen molar-refractivity contribution < 1.29 is 9.53 Å². The zero-order valence-corrected chi connectivity index (χ0v) is 12.6. The molecule has 2 atom stereocenters. The normalized spacial score (nSPS) is 22.2. The molecule has 1 rings (SSSR count). The third-order valence-electron chi connectivity index (χ3n) is 3.64. The first kappa shape index (κ1) is 16.4. The SMILES string of the molecule is CCNCCN1CCO[C@H](CNC(=O)C(C)CC)C1. The third kappa shape index (κ3) is 6.36. The van der Waals surface area contributed by atoms with Crippen molar-refractivity contribution in [2.45, 2.75) is 33.3 Å². The van der Waals surface area contributed by atoms with Crippen molar-refractivity contribution in [3.05, 3.63) is 0 Å². The Kier molecular flexibility index (Phi) is 8.02. The van der Waals surface area contributed by atoms with Gasteiger partial charge in [-0.3, -0.25) is 9.69 Å². The lowest BCUT2D eigenvalue weighted by Gasteiger charge is -2.33. The molecule has 0 aromatic carbocycles. The van der Waals surface area contributed by atoms with Crippen LogP contribution in [0.25, 0.3) is 0 Å². The predicted octanol–water partition coefficient (Wildman–Crippen LogP) is 0.459. The number of carbonyl (C=O) groups excluding carboxylic acids is 1. The van der Waals surface area contributed by atoms with Crippen molar-refractivity contribution in [3.8, 4) is 0 Å². The minimum absolute atomic E-state index is 0.0912. The average Bonchev–Trinajstić information content (AvgIpc) is 2.44. The molecule has 1 unspecified atom stereocenters. The first-order chi connectivity index (χ1) is 9.17. The molecule has 1 amide bonds. The molecule has 1 aliphatic rings. The van der Waals surface area contributed by atoms with Crippen molar-refractivity contribution in [2.75, 3.05) is 45.9 Å². The summed E-state index contributed by atoms with van der Waals surface area (Å²) in [4.78, 5) is 14.1. The van der Waals surface area contributed by atoms with Gasteiger partial charge in [-0.1, -0.05) is 20.8 Å². The maximum Gasteiger partial charge on any atom is 0.222 e. The Balaban J connectivity index is 2.21. The van der Waals surface area contributed by atoms with Gasteiger partial charge in [-0.25, -0.2) is 0 Å². The fraction of sp³-hybridized carbons (Fsp3) is 0.929. The summed E-state index contributed by atoms with van der Waals surface area (Å²) in [6, 6.07) is 0. The predicted molar refractivity (Wildman–Crippen MR) is 77.2 cm³/mol. The quantitative estimate of drug-likeness (QED) is 0.630. The maximum atomic E-state index is 11.7. The standard InChI is InChI=1S/C14H29N3O2/c1-4-12(3)14(18)16-10-13-11-17(8-9-19-13)7-6-15-5-2/h12-13,15H,4-11H2,1-3H3,(H,16,18)/t12?,13-/m1/s1. The smallest absolute Gasteiger partial charge is 0.222 e. The van der Waals surface area contributed by atoms with Crippen LogP contribution in [0.3, 0.4) is 0 Å². The number of carbonyl (C=O) groups is 1. The van der Waals surface area contributed by atoms with Gasteiger partial charge in [0.25, 0.3) is 0 Å². The van der Waals surface area contributed by atoms with E-state index in [1.165, 1.54) is 0 Å². The van der Waals surface area contributed by atoms with Crippen LogP contribution in [0.1, 0.15) is 27.2 Å². The highest BCUT2D eigenvalue weighted by atomic mass is 16.5. The molecule has 5 heteroatoms. The molecule has 0 saturated carbocycles. The zero-order chi connectivity index (χ0) is 14.1. The number of likely N-dealkylation sites (N-methyl/N-ethyl adjacent to an activating group) is 1. The molecule has 0 bridgehead atoms. The molecule has 5 nitrogen and oxygen atoms in total. The lowest BCUT2D eigenvalue weighted by molar-refractivity contribution is -0.125. The molecule has 2 N–H and O–H groups in total. The summed E-state index contributed by atoms with van der Waals surface area (Å²) in [7, 11) is 0. The van der Waals surface area contributed by atoms with Crippen LogP contribution in [-0.4, -0.2) is 62.8 Å². The second-order valence-corrected chi connectivity index (χ2v) is 5.20. The second-order valence-electron chi connectivity index (χ2n) is 5.20. The highest BCUT2D eigenvalue weighted by Crippen LogP contribution is 2.05. The van der Waals surface area contributed by atoms with E-state index >= 15 is 0 Å². The summed E-state index contributed by atoms with van der Waals surface area (Å²) >= 11 is 0. The number of amides is 1. The van der Waals surface area contributed by atoms with E-state index in [1.807, 2.05) is 13.8 Å². The Morgan fingerprint density at radius 1 is 1.47 bits per heavy atom. The fourth-order valence-electron chi connectivity index (χ4n) is 2.10. The first-order valence-corrected chi connectivity index (χ1v) is 7.49. The van der Waals surface area contributed by atoms with E-state index in [0.29, 0.717) is 6.54 Å². The molecule has 1 heterocycles. The van der Waals surface area contributed by atoms with E-state index in [4.69, 9.17) is 4.74 Å². The van der Waals surface area contributed by atoms with E-state index in [2.05, 4.69) is 22.5 Å². The Labute approximate surface area is 117 Å². The number of nitrogens with one attached hydrogen (secondary N) is 2. The number of ether oxygens (including phenoxy) is 1. The number of hydrogen-bond acceptors (Lipinski definition) is 4. The number of nitrogens with zero attached hydrogens (tertiary/aromatic N) is 1. The summed E-state index contributed by atoms with van der Waals surface area (Å²) < 4.78 is 5.70. The maximum absolute atomic E-state index is 11.7. The lowest BCUT2D eigenvalue weighted by atomic mass is 10.1. The molecule has 0 aliphatic carbocycles. The molecule has 0 spiro atoms. The van der Waals surface area contributed by atoms with Crippen LogP contribution in [0.5, 0.6) is 0 Å². The number of morpholine rings is 1. The second kappa shape index (κ2) is 9.28. The van der Waals surface area contributed by atoms with Crippen molar-refractivity contribution in [3.63, 3.8) is 0 Å². The summed E-state index contributed by atoms with van der Waals surface area (Å²) in [5, 5.41) is 6.32. The molecule has 112 valence electrons. The third-order valence-corrected chi connectivity index (χ3v) is 3.64. The molecular formula is C14H29N3O2. The monoisotopic (exact) mass is 271 g/mol. The Morgan fingerprint density at radius 3 is 2.95 bits per heavy atom. The van der Waals surface area contributed by atoms with Gasteiger partial charge >= 0.3 is 0 Å². The van der Waals surface area contributed by atoms with Gasteiger partial charge in [0.05, 0.1) is 12.7 Å². The molecule has 0 radical (unpaired) electrons.